The second-order valence-electron chi connectivity index (χ2n) is 5.55. The Morgan fingerprint density at radius 1 is 1.19 bits per heavy atom. The highest BCUT2D eigenvalue weighted by Crippen LogP contribution is 2.22. The summed E-state index contributed by atoms with van der Waals surface area (Å²) in [5, 5.41) is 11.5. The topological polar surface area (TPSA) is 99.2 Å². The highest BCUT2D eigenvalue weighted by atomic mass is 16.5. The van der Waals surface area contributed by atoms with E-state index in [0.717, 1.165) is 6.42 Å². The van der Waals surface area contributed by atoms with E-state index in [4.69, 9.17) is 5.11 Å². The molecule has 2 saturated heterocycles. The lowest BCUT2D eigenvalue weighted by Crippen LogP contribution is -2.43. The van der Waals surface area contributed by atoms with Crippen molar-refractivity contribution in [2.75, 3.05) is 33.3 Å². The van der Waals surface area contributed by atoms with Crippen LogP contribution < -0.4 is 5.32 Å². The molecule has 2 fully saturated rings. The minimum absolute atomic E-state index is 0.0399. The Hall–Kier alpha value is -1.99. The lowest BCUT2D eigenvalue weighted by Gasteiger charge is -2.24. The van der Waals surface area contributed by atoms with Gasteiger partial charge in [-0.15, -0.1) is 0 Å². The Morgan fingerprint density at radius 2 is 1.86 bits per heavy atom. The summed E-state index contributed by atoms with van der Waals surface area (Å²) < 4.78 is 4.54. The summed E-state index contributed by atoms with van der Waals surface area (Å²) in [7, 11) is 1.31. The smallest absolute Gasteiger partial charge is 0.407 e. The average Bonchev–Trinajstić information content (AvgIpc) is 3.06. The van der Waals surface area contributed by atoms with Gasteiger partial charge in [0.15, 0.2) is 0 Å². The lowest BCUT2D eigenvalue weighted by molar-refractivity contribution is -0.138. The Morgan fingerprint density at radius 3 is 2.52 bits per heavy atom. The van der Waals surface area contributed by atoms with Crippen molar-refractivity contribution in [3.05, 3.63) is 0 Å². The number of aliphatic carboxylic acids is 1. The maximum absolute atomic E-state index is 12.3. The standard InChI is InChI=1S/C13H21N3O5/c1-21-12(19)14-10-3-5-16(8-10)13(20)15-4-2-9(7-15)6-11(17)18/h9-10H,2-8H2,1H3,(H,14,19)(H,17,18). The minimum atomic E-state index is -0.821. The summed E-state index contributed by atoms with van der Waals surface area (Å²) in [6.07, 6.45) is 1.05. The van der Waals surface area contributed by atoms with Crippen LogP contribution >= 0.6 is 0 Å². The van der Waals surface area contributed by atoms with Crippen LogP contribution in [-0.2, 0) is 9.53 Å². The van der Waals surface area contributed by atoms with Crippen molar-refractivity contribution in [3.8, 4) is 0 Å². The fraction of sp³-hybridized carbons (Fsp3) is 0.769. The first kappa shape index (κ1) is 15.4. The molecule has 8 nitrogen and oxygen atoms in total. The molecule has 0 saturated carbocycles. The summed E-state index contributed by atoms with van der Waals surface area (Å²) in [6.45, 7) is 2.15. The zero-order valence-electron chi connectivity index (χ0n) is 12.1. The number of hydrogen-bond donors (Lipinski definition) is 2. The highest BCUT2D eigenvalue weighted by molar-refractivity contribution is 5.76. The summed E-state index contributed by atoms with van der Waals surface area (Å²) >= 11 is 0. The number of methoxy groups -OCH3 is 1. The van der Waals surface area contributed by atoms with Gasteiger partial charge in [0.1, 0.15) is 0 Å². The van der Waals surface area contributed by atoms with Gasteiger partial charge < -0.3 is 25.0 Å². The molecule has 8 heteroatoms. The second kappa shape index (κ2) is 6.64. The van der Waals surface area contributed by atoms with Crippen molar-refractivity contribution in [1.29, 1.82) is 0 Å². The zero-order valence-corrected chi connectivity index (χ0v) is 12.1. The number of carbonyl (C=O) groups is 3. The molecule has 0 aromatic heterocycles. The molecule has 2 unspecified atom stereocenters. The summed E-state index contributed by atoms with van der Waals surface area (Å²) in [6, 6.07) is -0.157. The number of amides is 3. The van der Waals surface area contributed by atoms with Crippen LogP contribution in [0, 0.1) is 5.92 Å². The van der Waals surface area contributed by atoms with E-state index in [1.807, 2.05) is 0 Å². The Bertz CT molecular complexity index is 428. The van der Waals surface area contributed by atoms with E-state index in [-0.39, 0.29) is 24.4 Å². The molecule has 2 aliphatic heterocycles. The molecule has 21 heavy (non-hydrogen) atoms. The number of hydrogen-bond acceptors (Lipinski definition) is 4. The van der Waals surface area contributed by atoms with Crippen molar-refractivity contribution < 1.29 is 24.2 Å². The lowest BCUT2D eigenvalue weighted by atomic mass is 10.1. The first-order valence-electron chi connectivity index (χ1n) is 7.09. The Kier molecular flexibility index (Phi) is 4.87. The van der Waals surface area contributed by atoms with Gasteiger partial charge in [-0.25, -0.2) is 9.59 Å². The molecular formula is C13H21N3O5. The normalized spacial score (nSPS) is 25.0. The van der Waals surface area contributed by atoms with Crippen LogP contribution in [0.25, 0.3) is 0 Å². The van der Waals surface area contributed by atoms with Gasteiger partial charge in [0.25, 0.3) is 0 Å². The third kappa shape index (κ3) is 3.99. The van der Waals surface area contributed by atoms with Crippen molar-refractivity contribution >= 4 is 18.1 Å². The maximum atomic E-state index is 12.3. The first-order chi connectivity index (χ1) is 9.99. The number of carboxylic acids is 1. The van der Waals surface area contributed by atoms with Crippen molar-refractivity contribution in [1.82, 2.24) is 15.1 Å². The van der Waals surface area contributed by atoms with Crippen molar-refractivity contribution in [3.63, 3.8) is 0 Å². The summed E-state index contributed by atoms with van der Waals surface area (Å²) in [4.78, 5) is 37.6. The fourth-order valence-corrected chi connectivity index (χ4v) is 2.90. The predicted molar refractivity (Wildman–Crippen MR) is 72.8 cm³/mol. The third-order valence-corrected chi connectivity index (χ3v) is 3.99. The van der Waals surface area contributed by atoms with Gasteiger partial charge in [-0.2, -0.15) is 0 Å². The molecule has 2 N–H and O–H groups in total. The van der Waals surface area contributed by atoms with Gasteiger partial charge in [-0.05, 0) is 18.8 Å². The molecule has 2 heterocycles. The molecule has 0 aromatic carbocycles. The molecular weight excluding hydrogens is 278 g/mol. The maximum Gasteiger partial charge on any atom is 0.407 e. The van der Waals surface area contributed by atoms with E-state index in [9.17, 15) is 14.4 Å². The van der Waals surface area contributed by atoms with E-state index >= 15 is 0 Å². The highest BCUT2D eigenvalue weighted by Gasteiger charge is 2.34. The van der Waals surface area contributed by atoms with E-state index < -0.39 is 12.1 Å². The number of nitrogens with zero attached hydrogens (tertiary/aromatic N) is 2. The number of ether oxygens (including phenoxy) is 1. The third-order valence-electron chi connectivity index (χ3n) is 3.99. The first-order valence-corrected chi connectivity index (χ1v) is 7.09. The van der Waals surface area contributed by atoms with Gasteiger partial charge in [0, 0.05) is 32.6 Å². The fourth-order valence-electron chi connectivity index (χ4n) is 2.90. The average molecular weight is 299 g/mol. The molecule has 2 rings (SSSR count). The van der Waals surface area contributed by atoms with E-state index in [2.05, 4.69) is 10.1 Å². The summed E-state index contributed by atoms with van der Waals surface area (Å²) in [5.41, 5.74) is 0. The SMILES string of the molecule is COC(=O)NC1CCN(C(=O)N2CCC(CC(=O)O)C2)C1. The van der Waals surface area contributed by atoms with Gasteiger partial charge in [0.2, 0.25) is 0 Å². The number of nitrogens with one attached hydrogen (secondary N) is 1. The molecule has 0 bridgehead atoms. The van der Waals surface area contributed by atoms with Crippen molar-refractivity contribution in [2.24, 2.45) is 5.92 Å². The monoisotopic (exact) mass is 299 g/mol. The largest absolute Gasteiger partial charge is 0.481 e. The predicted octanol–water partition coefficient (Wildman–Crippen LogP) is 0.333. The van der Waals surface area contributed by atoms with Crippen LogP contribution in [0.15, 0.2) is 0 Å². The number of carbonyl (C=O) groups excluding carboxylic acids is 2. The van der Waals surface area contributed by atoms with E-state index in [0.29, 0.717) is 32.6 Å². The molecule has 2 atom stereocenters. The van der Waals surface area contributed by atoms with Gasteiger partial charge >= 0.3 is 18.1 Å². The van der Waals surface area contributed by atoms with E-state index in [1.165, 1.54) is 7.11 Å². The summed E-state index contributed by atoms with van der Waals surface area (Å²) in [5.74, 6) is -0.782. The van der Waals surface area contributed by atoms with Crippen LogP contribution in [0.1, 0.15) is 19.3 Å². The number of urea groups is 1. The number of alkyl carbamates (subject to hydrolysis) is 1. The van der Waals surface area contributed by atoms with Crippen LogP contribution in [-0.4, -0.2) is 72.3 Å². The molecule has 2 aliphatic rings. The van der Waals surface area contributed by atoms with Crippen LogP contribution in [0.3, 0.4) is 0 Å². The molecule has 118 valence electrons. The molecule has 0 aliphatic carbocycles. The molecule has 0 aromatic rings. The van der Waals surface area contributed by atoms with E-state index in [1.54, 1.807) is 9.80 Å². The van der Waals surface area contributed by atoms with Crippen LogP contribution in [0.5, 0.6) is 0 Å². The second-order valence-corrected chi connectivity index (χ2v) is 5.55. The van der Waals surface area contributed by atoms with Crippen LogP contribution in [0.4, 0.5) is 9.59 Å². The Balaban J connectivity index is 1.79. The number of likely N-dealkylation sites (tertiary alicyclic amines) is 2. The van der Waals surface area contributed by atoms with Crippen molar-refractivity contribution in [2.45, 2.75) is 25.3 Å². The van der Waals surface area contributed by atoms with Gasteiger partial charge in [0.05, 0.1) is 13.2 Å². The number of rotatable bonds is 3. The Labute approximate surface area is 123 Å². The van der Waals surface area contributed by atoms with Gasteiger partial charge in [-0.3, -0.25) is 4.79 Å². The molecule has 3 amide bonds. The van der Waals surface area contributed by atoms with Gasteiger partial charge in [-0.1, -0.05) is 0 Å². The van der Waals surface area contributed by atoms with Crippen LogP contribution in [0.2, 0.25) is 0 Å². The minimum Gasteiger partial charge on any atom is -0.481 e. The molecule has 0 spiro atoms. The number of carboxylic acid groups (broad SMARTS) is 1. The quantitative estimate of drug-likeness (QED) is 0.782. The molecule has 0 radical (unpaired) electrons. The zero-order chi connectivity index (χ0) is 15.4.